The number of anilines is 1. The second kappa shape index (κ2) is 4.43. The molecule has 2 N–H and O–H groups in total. The highest BCUT2D eigenvalue weighted by molar-refractivity contribution is 6.32. The Morgan fingerprint density at radius 2 is 2.43 bits per heavy atom. The molecule has 1 aromatic heterocycles. The van der Waals surface area contributed by atoms with Crippen molar-refractivity contribution in [2.45, 2.75) is 13.0 Å². The first kappa shape index (κ1) is 11.0. The van der Waals surface area contributed by atoms with Crippen LogP contribution in [0.3, 0.4) is 0 Å². The van der Waals surface area contributed by atoms with Crippen molar-refractivity contribution in [3.05, 3.63) is 21.7 Å². The molecule has 5 nitrogen and oxygen atoms in total. The number of aromatic nitrogens is 2. The lowest BCUT2D eigenvalue weighted by molar-refractivity contribution is 0.201. The summed E-state index contributed by atoms with van der Waals surface area (Å²) in [6.07, 6.45) is 0.777. The van der Waals surface area contributed by atoms with E-state index in [-0.39, 0.29) is 10.6 Å². The number of hydrogen-bond donors (Lipinski definition) is 2. The Bertz CT molecular complexity index is 364. The minimum Gasteiger partial charge on any atom is -0.392 e. The van der Waals surface area contributed by atoms with Crippen molar-refractivity contribution in [1.82, 2.24) is 9.97 Å². The van der Waals surface area contributed by atoms with Gasteiger partial charge in [-0.05, 0) is 6.92 Å². The minimum atomic E-state index is -0.503. The third-order valence-corrected chi connectivity index (χ3v) is 2.02. The van der Waals surface area contributed by atoms with Gasteiger partial charge in [0.2, 0.25) is 0 Å². The molecule has 1 unspecified atom stereocenters. The zero-order valence-corrected chi connectivity index (χ0v) is 8.75. The topological polar surface area (TPSA) is 69.2 Å². The molecule has 0 radical (unpaired) electrons. The molecule has 0 fully saturated rings. The Balaban J connectivity index is 2.95. The van der Waals surface area contributed by atoms with Crippen LogP contribution < -0.4 is 10.5 Å². The fraction of sp³-hybridized carbons (Fsp3) is 0.500. The van der Waals surface area contributed by atoms with E-state index in [0.29, 0.717) is 12.4 Å². The Morgan fingerprint density at radius 1 is 1.79 bits per heavy atom. The lowest BCUT2D eigenvalue weighted by Crippen LogP contribution is -2.29. The SMILES string of the molecule is CC(O)CN(C)c1nc[nH]c(=O)c1Cl. The van der Waals surface area contributed by atoms with Crippen LogP contribution in [0.5, 0.6) is 0 Å². The summed E-state index contributed by atoms with van der Waals surface area (Å²) >= 11 is 5.74. The fourth-order valence-electron chi connectivity index (χ4n) is 1.12. The number of halogens is 1. The monoisotopic (exact) mass is 217 g/mol. The summed E-state index contributed by atoms with van der Waals surface area (Å²) in [5.74, 6) is 0.372. The van der Waals surface area contributed by atoms with Gasteiger partial charge >= 0.3 is 0 Å². The van der Waals surface area contributed by atoms with Crippen molar-refractivity contribution in [2.75, 3.05) is 18.5 Å². The number of nitrogens with one attached hydrogen (secondary N) is 1. The van der Waals surface area contributed by atoms with Gasteiger partial charge in [0, 0.05) is 13.6 Å². The van der Waals surface area contributed by atoms with E-state index in [2.05, 4.69) is 9.97 Å². The van der Waals surface area contributed by atoms with Crippen molar-refractivity contribution in [1.29, 1.82) is 0 Å². The van der Waals surface area contributed by atoms with Gasteiger partial charge in [-0.25, -0.2) is 4.98 Å². The second-order valence-electron chi connectivity index (χ2n) is 3.10. The van der Waals surface area contributed by atoms with Gasteiger partial charge in [0.25, 0.3) is 5.56 Å². The zero-order valence-electron chi connectivity index (χ0n) is 7.99. The van der Waals surface area contributed by atoms with E-state index in [1.165, 1.54) is 6.33 Å². The molecule has 0 aromatic carbocycles. The highest BCUT2D eigenvalue weighted by atomic mass is 35.5. The van der Waals surface area contributed by atoms with Crippen LogP contribution >= 0.6 is 11.6 Å². The first-order chi connectivity index (χ1) is 6.52. The molecule has 6 heteroatoms. The summed E-state index contributed by atoms with van der Waals surface area (Å²) in [7, 11) is 1.71. The van der Waals surface area contributed by atoms with E-state index in [4.69, 9.17) is 16.7 Å². The van der Waals surface area contributed by atoms with E-state index < -0.39 is 6.10 Å². The van der Waals surface area contributed by atoms with Gasteiger partial charge < -0.3 is 15.0 Å². The van der Waals surface area contributed by atoms with Gasteiger partial charge in [-0.2, -0.15) is 0 Å². The van der Waals surface area contributed by atoms with E-state index >= 15 is 0 Å². The summed E-state index contributed by atoms with van der Waals surface area (Å²) in [6.45, 7) is 2.02. The number of aromatic amines is 1. The van der Waals surface area contributed by atoms with Crippen LogP contribution in [0.2, 0.25) is 5.02 Å². The van der Waals surface area contributed by atoms with Crippen molar-refractivity contribution in [2.24, 2.45) is 0 Å². The maximum atomic E-state index is 11.1. The first-order valence-corrected chi connectivity index (χ1v) is 4.52. The predicted molar refractivity (Wildman–Crippen MR) is 54.8 cm³/mol. The molecule has 0 spiro atoms. The summed E-state index contributed by atoms with van der Waals surface area (Å²) in [4.78, 5) is 19.0. The van der Waals surface area contributed by atoms with E-state index in [1.54, 1.807) is 18.9 Å². The normalized spacial score (nSPS) is 12.6. The Morgan fingerprint density at radius 3 is 3.00 bits per heavy atom. The number of likely N-dealkylation sites (N-methyl/N-ethyl adjacent to an activating group) is 1. The molecule has 78 valence electrons. The minimum absolute atomic E-state index is 0.0376. The van der Waals surface area contributed by atoms with Crippen LogP contribution in [0.15, 0.2) is 11.1 Å². The highest BCUT2D eigenvalue weighted by Gasteiger charge is 2.11. The van der Waals surface area contributed by atoms with Gasteiger partial charge in [-0.1, -0.05) is 11.6 Å². The van der Waals surface area contributed by atoms with Gasteiger partial charge in [0.15, 0.2) is 5.82 Å². The molecule has 0 saturated heterocycles. The van der Waals surface area contributed by atoms with Crippen LogP contribution in [0, 0.1) is 0 Å². The quantitative estimate of drug-likeness (QED) is 0.761. The zero-order chi connectivity index (χ0) is 10.7. The lowest BCUT2D eigenvalue weighted by Gasteiger charge is -2.19. The molecule has 1 heterocycles. The van der Waals surface area contributed by atoms with Crippen molar-refractivity contribution in [3.8, 4) is 0 Å². The van der Waals surface area contributed by atoms with Crippen LogP contribution in [0.1, 0.15) is 6.92 Å². The van der Waals surface area contributed by atoms with Crippen LogP contribution in [-0.4, -0.2) is 34.8 Å². The fourth-order valence-corrected chi connectivity index (χ4v) is 1.37. The molecule has 0 aliphatic carbocycles. The Kier molecular flexibility index (Phi) is 3.49. The molecule has 0 aliphatic rings. The Labute approximate surface area is 86.3 Å². The van der Waals surface area contributed by atoms with Crippen LogP contribution in [-0.2, 0) is 0 Å². The Hall–Kier alpha value is -1.07. The third kappa shape index (κ3) is 2.46. The number of hydrogen-bond acceptors (Lipinski definition) is 4. The molecule has 1 rings (SSSR count). The summed E-state index contributed by atoms with van der Waals surface area (Å²) in [6, 6.07) is 0. The number of nitrogens with zero attached hydrogens (tertiary/aromatic N) is 2. The standard InChI is InChI=1S/C8H12ClN3O2/c1-5(13)3-12(2)7-6(9)8(14)11-4-10-7/h4-5,13H,3H2,1-2H3,(H,10,11,14). The molecule has 0 bridgehead atoms. The first-order valence-electron chi connectivity index (χ1n) is 4.14. The van der Waals surface area contributed by atoms with E-state index in [1.807, 2.05) is 0 Å². The number of H-pyrrole nitrogens is 1. The molecular weight excluding hydrogens is 206 g/mol. The van der Waals surface area contributed by atoms with E-state index in [9.17, 15) is 4.79 Å². The van der Waals surface area contributed by atoms with Gasteiger partial charge in [-0.3, -0.25) is 4.79 Å². The number of rotatable bonds is 3. The molecule has 1 atom stereocenters. The van der Waals surface area contributed by atoms with Gasteiger partial charge in [0.1, 0.15) is 5.02 Å². The average Bonchev–Trinajstić information content (AvgIpc) is 2.08. The largest absolute Gasteiger partial charge is 0.392 e. The van der Waals surface area contributed by atoms with Gasteiger partial charge in [0.05, 0.1) is 12.4 Å². The lowest BCUT2D eigenvalue weighted by atomic mass is 10.3. The highest BCUT2D eigenvalue weighted by Crippen LogP contribution is 2.16. The van der Waals surface area contributed by atoms with Crippen LogP contribution in [0.25, 0.3) is 0 Å². The molecule has 0 saturated carbocycles. The maximum Gasteiger partial charge on any atom is 0.271 e. The predicted octanol–water partition coefficient (Wildman–Crippen LogP) is 0.240. The van der Waals surface area contributed by atoms with Crippen molar-refractivity contribution in [3.63, 3.8) is 0 Å². The molecular formula is C8H12ClN3O2. The van der Waals surface area contributed by atoms with Gasteiger partial charge in [-0.15, -0.1) is 0 Å². The maximum absolute atomic E-state index is 11.1. The number of aliphatic hydroxyl groups excluding tert-OH is 1. The number of aliphatic hydroxyl groups is 1. The summed E-state index contributed by atoms with van der Waals surface area (Å²) in [5.41, 5.74) is -0.380. The molecule has 14 heavy (non-hydrogen) atoms. The van der Waals surface area contributed by atoms with Crippen LogP contribution in [0.4, 0.5) is 5.82 Å². The van der Waals surface area contributed by atoms with E-state index in [0.717, 1.165) is 0 Å². The molecule has 0 aliphatic heterocycles. The average molecular weight is 218 g/mol. The van der Waals surface area contributed by atoms with Crippen molar-refractivity contribution < 1.29 is 5.11 Å². The molecule has 1 aromatic rings. The summed E-state index contributed by atoms with van der Waals surface area (Å²) in [5, 5.41) is 9.18. The summed E-state index contributed by atoms with van der Waals surface area (Å²) < 4.78 is 0. The van der Waals surface area contributed by atoms with Crippen molar-refractivity contribution >= 4 is 17.4 Å². The smallest absolute Gasteiger partial charge is 0.271 e. The third-order valence-electron chi connectivity index (χ3n) is 1.68. The second-order valence-corrected chi connectivity index (χ2v) is 3.48. The molecule has 0 amide bonds.